The first-order valence-electron chi connectivity index (χ1n) is 9.03. The van der Waals surface area contributed by atoms with Gasteiger partial charge in [-0.15, -0.1) is 0 Å². The number of nitrogens with two attached hydrogens (primary N) is 2. The zero-order chi connectivity index (χ0) is 24.8. The molecule has 7 nitrogen and oxygen atoms in total. The molecule has 1 aromatic carbocycles. The van der Waals surface area contributed by atoms with Crippen LogP contribution in [0.1, 0.15) is 16.8 Å². The van der Waals surface area contributed by atoms with Gasteiger partial charge in [-0.1, -0.05) is 12.1 Å². The van der Waals surface area contributed by atoms with Crippen molar-refractivity contribution >= 4 is 11.7 Å². The zero-order valence-electron chi connectivity index (χ0n) is 16.7. The van der Waals surface area contributed by atoms with E-state index in [2.05, 4.69) is 15.0 Å². The largest absolute Gasteiger partial charge is 0.433 e. The molecule has 0 fully saturated rings. The number of halogens is 6. The summed E-state index contributed by atoms with van der Waals surface area (Å²) in [4.78, 5) is 22.9. The first-order valence-corrected chi connectivity index (χ1v) is 9.03. The maximum atomic E-state index is 13.4. The Bertz CT molecular complexity index is 1210. The lowest BCUT2D eigenvalue weighted by atomic mass is 9.89. The smallest absolute Gasteiger partial charge is 0.382 e. The van der Waals surface area contributed by atoms with Crippen LogP contribution in [0.25, 0.3) is 22.5 Å². The lowest BCUT2D eigenvalue weighted by molar-refractivity contribution is -0.255. The van der Waals surface area contributed by atoms with Gasteiger partial charge in [0, 0.05) is 22.9 Å². The predicted octanol–water partition coefficient (Wildman–Crippen LogP) is 3.35. The van der Waals surface area contributed by atoms with Gasteiger partial charge < -0.3 is 16.6 Å². The van der Waals surface area contributed by atoms with Gasteiger partial charge >= 0.3 is 12.4 Å². The van der Waals surface area contributed by atoms with Crippen LogP contribution in [0.5, 0.6) is 0 Å². The molecule has 174 valence electrons. The molecule has 3 aromatic rings. The third-order valence-electron chi connectivity index (χ3n) is 4.83. The van der Waals surface area contributed by atoms with Gasteiger partial charge in [0.2, 0.25) is 0 Å². The van der Waals surface area contributed by atoms with Gasteiger partial charge in [-0.05, 0) is 30.7 Å². The Hall–Kier alpha value is -3.74. The topological polar surface area (TPSA) is 128 Å². The van der Waals surface area contributed by atoms with Crippen molar-refractivity contribution in [1.29, 1.82) is 0 Å². The summed E-state index contributed by atoms with van der Waals surface area (Å²) < 4.78 is 78.6. The number of rotatable bonds is 4. The van der Waals surface area contributed by atoms with Crippen LogP contribution in [0.3, 0.4) is 0 Å². The van der Waals surface area contributed by atoms with E-state index in [1.54, 1.807) is 0 Å². The highest BCUT2D eigenvalue weighted by atomic mass is 19.4. The molecule has 0 radical (unpaired) electrons. The first kappa shape index (κ1) is 23.9. The summed E-state index contributed by atoms with van der Waals surface area (Å²) in [6, 6.07) is 4.76. The van der Waals surface area contributed by atoms with Crippen molar-refractivity contribution in [2.75, 3.05) is 5.73 Å². The number of pyridine rings is 1. The summed E-state index contributed by atoms with van der Waals surface area (Å²) in [6.07, 6.45) is -8.06. The number of benzene rings is 1. The molecule has 0 bridgehead atoms. The fraction of sp³-hybridized carbons (Fsp3) is 0.200. The minimum atomic E-state index is -5.41. The van der Waals surface area contributed by atoms with Crippen LogP contribution in [0, 0.1) is 6.92 Å². The van der Waals surface area contributed by atoms with Gasteiger partial charge in [-0.25, -0.2) is 9.97 Å². The van der Waals surface area contributed by atoms with E-state index in [1.807, 2.05) is 0 Å². The van der Waals surface area contributed by atoms with Crippen LogP contribution in [0.2, 0.25) is 0 Å². The molecule has 0 spiro atoms. The number of anilines is 1. The minimum Gasteiger partial charge on any atom is -0.382 e. The van der Waals surface area contributed by atoms with Crippen LogP contribution in [0.15, 0.2) is 42.7 Å². The minimum absolute atomic E-state index is 0.0209. The highest BCUT2D eigenvalue weighted by molar-refractivity contribution is 5.86. The third-order valence-corrected chi connectivity index (χ3v) is 4.83. The number of aryl methyl sites for hydroxylation is 1. The average molecular weight is 471 g/mol. The molecule has 1 unspecified atom stereocenters. The van der Waals surface area contributed by atoms with Crippen molar-refractivity contribution in [2.45, 2.75) is 24.9 Å². The number of carbonyl (C=O) groups is 1. The molecule has 0 aliphatic rings. The van der Waals surface area contributed by atoms with Crippen molar-refractivity contribution in [1.82, 2.24) is 15.0 Å². The van der Waals surface area contributed by atoms with E-state index in [-0.39, 0.29) is 28.3 Å². The Morgan fingerprint density at radius 1 is 1.00 bits per heavy atom. The predicted molar refractivity (Wildman–Crippen MR) is 104 cm³/mol. The number of hydrogen-bond donors (Lipinski definition) is 3. The van der Waals surface area contributed by atoms with Gasteiger partial charge in [0.1, 0.15) is 17.2 Å². The lowest BCUT2D eigenvalue weighted by Gasteiger charge is -2.28. The van der Waals surface area contributed by atoms with E-state index >= 15 is 0 Å². The number of nitrogen functional groups attached to an aromatic ring is 1. The molecule has 2 aromatic heterocycles. The number of amides is 1. The molecule has 33 heavy (non-hydrogen) atoms. The molecule has 1 amide bonds. The van der Waals surface area contributed by atoms with Gasteiger partial charge in [-0.2, -0.15) is 26.3 Å². The Morgan fingerprint density at radius 2 is 1.67 bits per heavy atom. The SMILES string of the molecule is Cc1ccc(C(O)(C(N)=O)C(F)(F)F)cc1-c1cnc(N)c(-c2ccc(C(F)(F)F)nc2)n1. The van der Waals surface area contributed by atoms with E-state index in [4.69, 9.17) is 11.5 Å². The van der Waals surface area contributed by atoms with E-state index in [0.29, 0.717) is 11.6 Å². The van der Waals surface area contributed by atoms with E-state index in [1.165, 1.54) is 13.0 Å². The quantitative estimate of drug-likeness (QED) is 0.501. The molecule has 0 aliphatic heterocycles. The molecular weight excluding hydrogens is 456 g/mol. The van der Waals surface area contributed by atoms with Crippen LogP contribution < -0.4 is 11.5 Å². The second kappa shape index (κ2) is 7.99. The van der Waals surface area contributed by atoms with E-state index < -0.39 is 35.1 Å². The summed E-state index contributed by atoms with van der Waals surface area (Å²) in [7, 11) is 0. The highest BCUT2D eigenvalue weighted by Gasteiger charge is 2.60. The summed E-state index contributed by atoms with van der Waals surface area (Å²) in [5.74, 6) is -2.19. The maximum absolute atomic E-state index is 13.4. The number of aliphatic hydroxyl groups is 1. The summed E-state index contributed by atoms with van der Waals surface area (Å²) in [5.41, 5.74) is 5.09. The highest BCUT2D eigenvalue weighted by Crippen LogP contribution is 2.40. The van der Waals surface area contributed by atoms with Gasteiger partial charge in [0.05, 0.1) is 11.9 Å². The van der Waals surface area contributed by atoms with Crippen LogP contribution in [-0.2, 0) is 16.6 Å². The molecule has 13 heteroatoms. The molecule has 2 heterocycles. The van der Waals surface area contributed by atoms with E-state index in [9.17, 15) is 36.2 Å². The maximum Gasteiger partial charge on any atom is 0.433 e. The van der Waals surface area contributed by atoms with E-state index in [0.717, 1.165) is 30.6 Å². The Morgan fingerprint density at radius 3 is 2.18 bits per heavy atom. The van der Waals surface area contributed by atoms with Gasteiger partial charge in [0.25, 0.3) is 11.5 Å². The normalized spacial score (nSPS) is 14.1. The number of carbonyl (C=O) groups excluding carboxylic acids is 1. The monoisotopic (exact) mass is 471 g/mol. The van der Waals surface area contributed by atoms with Crippen molar-refractivity contribution in [3.63, 3.8) is 0 Å². The second-order valence-corrected chi connectivity index (χ2v) is 7.02. The molecule has 1 atom stereocenters. The average Bonchev–Trinajstić information content (AvgIpc) is 2.72. The van der Waals surface area contributed by atoms with Crippen molar-refractivity contribution in [2.24, 2.45) is 5.73 Å². The molecular formula is C20H15F6N5O2. The van der Waals surface area contributed by atoms with Crippen LogP contribution in [-0.4, -0.2) is 32.1 Å². The number of aromatic nitrogens is 3. The van der Waals surface area contributed by atoms with Crippen LogP contribution >= 0.6 is 0 Å². The van der Waals surface area contributed by atoms with Crippen molar-refractivity contribution in [3.8, 4) is 22.5 Å². The standard InChI is InChI=1S/C20H15F6N5O2/c1-9-2-4-11(18(33,17(28)32)20(24,25)26)6-12(9)13-8-30-16(27)15(31-13)10-3-5-14(29-7-10)19(21,22)23/h2-8,33H,1H3,(H2,27,30)(H2,28,32). The molecule has 0 saturated carbocycles. The Labute approximate surface area is 182 Å². The molecule has 0 saturated heterocycles. The fourth-order valence-corrected chi connectivity index (χ4v) is 3.01. The van der Waals surface area contributed by atoms with Crippen LogP contribution in [0.4, 0.5) is 32.2 Å². The summed E-state index contributed by atoms with van der Waals surface area (Å²) in [5, 5.41) is 10.1. The van der Waals surface area contributed by atoms with Crippen molar-refractivity contribution < 1.29 is 36.2 Å². The number of alkyl halides is 6. The number of hydrogen-bond acceptors (Lipinski definition) is 6. The lowest BCUT2D eigenvalue weighted by Crippen LogP contribution is -2.52. The second-order valence-electron chi connectivity index (χ2n) is 7.02. The Kier molecular flexibility index (Phi) is 5.79. The third kappa shape index (κ3) is 4.31. The van der Waals surface area contributed by atoms with Gasteiger partial charge in [0.15, 0.2) is 0 Å². The molecule has 5 N–H and O–H groups in total. The van der Waals surface area contributed by atoms with Crippen molar-refractivity contribution in [3.05, 3.63) is 59.5 Å². The number of primary amides is 1. The molecule has 0 aliphatic carbocycles. The number of nitrogens with zero attached hydrogens (tertiary/aromatic N) is 3. The fourth-order valence-electron chi connectivity index (χ4n) is 3.01. The molecule has 3 rings (SSSR count). The summed E-state index contributed by atoms with van der Waals surface area (Å²) in [6.45, 7) is 1.52. The first-order chi connectivity index (χ1) is 15.2. The zero-order valence-corrected chi connectivity index (χ0v) is 16.7. The van der Waals surface area contributed by atoms with Gasteiger partial charge in [-0.3, -0.25) is 9.78 Å². The summed E-state index contributed by atoms with van der Waals surface area (Å²) >= 11 is 0. The Balaban J connectivity index is 2.14.